The SMILES string of the molecule is CC.CC(C)O.COc1cc2c(Nc3ccc(Oc4ccccc4)cc3)c(C#N)cnc2cc1OCCCN1CCN(CCCCCCOCCOCCOCCCCCC=O)CC1. The first-order valence-electron chi connectivity index (χ1n) is 23.3. The number of methoxy groups -OCH3 is 1. The molecule has 2 heterocycles. The van der Waals surface area contributed by atoms with Gasteiger partial charge in [0.15, 0.2) is 11.5 Å². The van der Waals surface area contributed by atoms with E-state index in [-0.39, 0.29) is 6.10 Å². The number of nitrogens with one attached hydrogen (secondary N) is 1. The largest absolute Gasteiger partial charge is 0.493 e. The first-order valence-corrected chi connectivity index (χ1v) is 23.3. The number of piperazine rings is 1. The van der Waals surface area contributed by atoms with Gasteiger partial charge in [0.2, 0.25) is 0 Å². The van der Waals surface area contributed by atoms with Crippen molar-refractivity contribution in [3.63, 3.8) is 0 Å². The molecule has 0 atom stereocenters. The molecule has 1 fully saturated rings. The van der Waals surface area contributed by atoms with Crippen LogP contribution in [0.1, 0.15) is 91.0 Å². The number of fused-ring (bicyclic) bond motifs is 1. The number of rotatable bonds is 29. The first-order chi connectivity index (χ1) is 31.4. The summed E-state index contributed by atoms with van der Waals surface area (Å²) >= 11 is 0. The van der Waals surface area contributed by atoms with E-state index in [1.54, 1.807) is 27.2 Å². The number of unbranched alkanes of at least 4 members (excludes halogenated alkanes) is 6. The summed E-state index contributed by atoms with van der Waals surface area (Å²) in [5.41, 5.74) is 2.61. The Labute approximate surface area is 383 Å². The van der Waals surface area contributed by atoms with Gasteiger partial charge in [0, 0.05) is 81.8 Å². The number of anilines is 2. The maximum atomic E-state index is 10.3. The zero-order chi connectivity index (χ0) is 46.0. The van der Waals surface area contributed by atoms with E-state index in [9.17, 15) is 10.1 Å². The third-order valence-corrected chi connectivity index (χ3v) is 10.1. The third-order valence-electron chi connectivity index (χ3n) is 10.1. The number of hydrogen-bond donors (Lipinski definition) is 2. The number of benzene rings is 3. The van der Waals surface area contributed by atoms with Gasteiger partial charge in [0.25, 0.3) is 0 Å². The summed E-state index contributed by atoms with van der Waals surface area (Å²) in [5, 5.41) is 22.2. The van der Waals surface area contributed by atoms with Crippen LogP contribution in [0.3, 0.4) is 0 Å². The molecule has 0 radical (unpaired) electrons. The molecule has 13 nitrogen and oxygen atoms in total. The molecule has 1 aromatic heterocycles. The van der Waals surface area contributed by atoms with Crippen molar-refractivity contribution in [2.24, 2.45) is 0 Å². The molecular weight excluding hydrogens is 811 g/mol. The number of aldehydes is 1. The molecule has 0 bridgehead atoms. The van der Waals surface area contributed by atoms with E-state index < -0.39 is 0 Å². The van der Waals surface area contributed by atoms with E-state index in [1.165, 1.54) is 19.3 Å². The van der Waals surface area contributed by atoms with E-state index in [4.69, 9.17) is 33.5 Å². The van der Waals surface area contributed by atoms with Crippen LogP contribution in [-0.2, 0) is 19.0 Å². The molecule has 1 saturated heterocycles. The van der Waals surface area contributed by atoms with Crippen LogP contribution in [0.5, 0.6) is 23.0 Å². The van der Waals surface area contributed by atoms with Crippen LogP contribution in [-0.4, -0.2) is 125 Å². The molecule has 1 aliphatic rings. The van der Waals surface area contributed by atoms with Gasteiger partial charge in [-0.3, -0.25) is 4.98 Å². The molecule has 0 saturated carbocycles. The molecule has 3 aromatic carbocycles. The average Bonchev–Trinajstić information content (AvgIpc) is 3.31. The predicted octanol–water partition coefficient (Wildman–Crippen LogP) is 9.82. The van der Waals surface area contributed by atoms with E-state index >= 15 is 0 Å². The fourth-order valence-electron chi connectivity index (χ4n) is 6.82. The molecule has 5 rings (SSSR count). The van der Waals surface area contributed by atoms with Gasteiger partial charge in [-0.15, -0.1) is 0 Å². The highest BCUT2D eigenvalue weighted by Gasteiger charge is 2.18. The van der Waals surface area contributed by atoms with Crippen molar-refractivity contribution in [2.75, 3.05) is 97.9 Å². The summed E-state index contributed by atoms with van der Waals surface area (Å²) in [7, 11) is 1.63. The van der Waals surface area contributed by atoms with Crippen molar-refractivity contribution < 1.29 is 38.3 Å². The average molecular weight is 886 g/mol. The van der Waals surface area contributed by atoms with Crippen LogP contribution in [0.2, 0.25) is 0 Å². The van der Waals surface area contributed by atoms with Gasteiger partial charge in [-0.2, -0.15) is 5.26 Å². The van der Waals surface area contributed by atoms with Crippen LogP contribution < -0.4 is 19.5 Å². The third kappa shape index (κ3) is 21.7. The second-order valence-corrected chi connectivity index (χ2v) is 15.5. The highest BCUT2D eigenvalue weighted by Crippen LogP contribution is 2.37. The lowest BCUT2D eigenvalue weighted by atomic mass is 10.1. The van der Waals surface area contributed by atoms with Crippen LogP contribution in [0, 0.1) is 11.3 Å². The number of aliphatic hydroxyl groups excluding tert-OH is 1. The standard InChI is InChI=1S/C46H61N5O7.C3H8O.C2H6/c1-53-44-34-42-43(48-37-38(36-47)46(42)49-39-16-18-41(19-17-39)58-40-14-7-6-8-15-40)35-45(44)57-29-13-21-51-24-22-50(23-25-51)20-9-2-4-11-27-54-30-32-56-33-31-55-28-12-5-3-10-26-52;1-3(2)4;1-2/h6-8,14-19,26,34-35,37H,2-5,9-13,20-25,27-33H2,1H3,(H,48,49);3-4H,1-2H3;1-2H3. The lowest BCUT2D eigenvalue weighted by Gasteiger charge is -2.34. The van der Waals surface area contributed by atoms with Gasteiger partial charge in [-0.25, -0.2) is 0 Å². The van der Waals surface area contributed by atoms with Crippen LogP contribution in [0.15, 0.2) is 72.9 Å². The number of carbonyl (C=O) groups is 1. The second kappa shape index (κ2) is 33.7. The molecule has 13 heteroatoms. The fraction of sp³-hybridized carbons (Fsp3) is 0.549. The molecular formula is C51H75N5O8. The van der Waals surface area contributed by atoms with Crippen molar-refractivity contribution in [3.05, 3.63) is 78.5 Å². The summed E-state index contributed by atoms with van der Waals surface area (Å²) in [5.74, 6) is 2.72. The van der Waals surface area contributed by atoms with Gasteiger partial charge in [0.05, 0.1) is 56.9 Å². The van der Waals surface area contributed by atoms with Crippen LogP contribution >= 0.6 is 0 Å². The molecule has 0 aliphatic carbocycles. The van der Waals surface area contributed by atoms with Crippen molar-refractivity contribution in [1.82, 2.24) is 14.8 Å². The maximum Gasteiger partial charge on any atom is 0.163 e. The zero-order valence-corrected chi connectivity index (χ0v) is 39.2. The van der Waals surface area contributed by atoms with Crippen molar-refractivity contribution in [2.45, 2.75) is 91.6 Å². The highest BCUT2D eigenvalue weighted by molar-refractivity contribution is 5.97. The Hall–Kier alpha value is -4.81. The summed E-state index contributed by atoms with van der Waals surface area (Å²) in [4.78, 5) is 20.0. The Morgan fingerprint density at radius 3 is 1.89 bits per heavy atom. The molecule has 0 spiro atoms. The smallest absolute Gasteiger partial charge is 0.163 e. The minimum Gasteiger partial charge on any atom is -0.493 e. The van der Waals surface area contributed by atoms with E-state index in [0.717, 1.165) is 113 Å². The maximum absolute atomic E-state index is 10.3. The van der Waals surface area contributed by atoms with Crippen LogP contribution in [0.25, 0.3) is 10.9 Å². The molecule has 352 valence electrons. The lowest BCUT2D eigenvalue weighted by Crippen LogP contribution is -2.46. The monoisotopic (exact) mass is 886 g/mol. The molecule has 0 unspecified atom stereocenters. The van der Waals surface area contributed by atoms with E-state index in [1.807, 2.05) is 80.6 Å². The quantitative estimate of drug-likeness (QED) is 0.0394. The van der Waals surface area contributed by atoms with Crippen molar-refractivity contribution in [3.8, 4) is 29.1 Å². The number of nitrogens with zero attached hydrogens (tertiary/aromatic N) is 4. The Balaban J connectivity index is 0.00000172. The second-order valence-electron chi connectivity index (χ2n) is 15.5. The number of aromatic nitrogens is 1. The van der Waals surface area contributed by atoms with E-state index in [2.05, 4.69) is 26.2 Å². The zero-order valence-electron chi connectivity index (χ0n) is 39.2. The number of hydrogen-bond acceptors (Lipinski definition) is 13. The number of aliphatic hydroxyl groups is 1. The Morgan fingerprint density at radius 1 is 0.734 bits per heavy atom. The minimum atomic E-state index is -0.167. The summed E-state index contributed by atoms with van der Waals surface area (Å²) < 4.78 is 34.8. The van der Waals surface area contributed by atoms with Gasteiger partial charge in [0.1, 0.15) is 23.9 Å². The lowest BCUT2D eigenvalue weighted by molar-refractivity contribution is -0.107. The van der Waals surface area contributed by atoms with Gasteiger partial charge in [-0.1, -0.05) is 51.3 Å². The molecule has 0 amide bonds. The van der Waals surface area contributed by atoms with Gasteiger partial charge < -0.3 is 53.4 Å². The Morgan fingerprint density at radius 2 is 1.30 bits per heavy atom. The summed E-state index contributed by atoms with van der Waals surface area (Å²) in [6.07, 6.45) is 11.7. The number of para-hydroxylation sites is 1. The highest BCUT2D eigenvalue weighted by atomic mass is 16.5. The van der Waals surface area contributed by atoms with Crippen LogP contribution in [0.4, 0.5) is 11.4 Å². The number of carbonyl (C=O) groups excluding carboxylic acids is 1. The van der Waals surface area contributed by atoms with E-state index in [0.29, 0.717) is 67.7 Å². The van der Waals surface area contributed by atoms with Gasteiger partial charge in [-0.05, 0) is 95.0 Å². The van der Waals surface area contributed by atoms with Crippen molar-refractivity contribution in [1.29, 1.82) is 5.26 Å². The van der Waals surface area contributed by atoms with Crippen molar-refractivity contribution >= 4 is 28.6 Å². The Kier molecular flexibility index (Phi) is 28.2. The fourth-order valence-corrected chi connectivity index (χ4v) is 6.82. The van der Waals surface area contributed by atoms with Gasteiger partial charge >= 0.3 is 0 Å². The normalized spacial score (nSPS) is 12.7. The predicted molar refractivity (Wildman–Crippen MR) is 256 cm³/mol. The summed E-state index contributed by atoms with van der Waals surface area (Å²) in [6, 6.07) is 23.3. The number of pyridine rings is 1. The summed E-state index contributed by atoms with van der Waals surface area (Å²) in [6.45, 7) is 18.5. The number of nitriles is 1. The molecule has 1 aliphatic heterocycles. The molecule has 64 heavy (non-hydrogen) atoms. The first kappa shape index (κ1) is 53.5. The Bertz CT molecular complexity index is 1850. The molecule has 2 N–H and O–H groups in total. The topological polar surface area (TPSA) is 148 Å². The number of ether oxygens (including phenoxy) is 6. The minimum absolute atomic E-state index is 0.167. The molecule has 4 aromatic rings.